The van der Waals surface area contributed by atoms with Gasteiger partial charge >= 0.3 is 51.4 Å². The minimum atomic E-state index is -0.204. The number of nitrogens with one attached hydrogen (secondary N) is 3. The molecule has 49 heavy (non-hydrogen) atoms. The molecule has 9 nitrogen and oxygen atoms in total. The normalized spacial score (nSPS) is 9.47. The second kappa shape index (κ2) is 26.0. The van der Waals surface area contributed by atoms with Crippen LogP contribution < -0.4 is 97.0 Å². The Morgan fingerprint density at radius 1 is 0.673 bits per heavy atom. The van der Waals surface area contributed by atoms with Crippen LogP contribution in [0, 0.1) is 0 Å². The third kappa shape index (κ3) is 16.6. The van der Waals surface area contributed by atoms with E-state index in [0.29, 0.717) is 13.1 Å². The molecule has 0 saturated carbocycles. The molecule has 0 aliphatic heterocycles. The summed E-state index contributed by atoms with van der Waals surface area (Å²) in [5.74, 6) is -0.289. The second-order valence-corrected chi connectivity index (χ2v) is 10.2. The van der Waals surface area contributed by atoms with Crippen LogP contribution in [0.1, 0.15) is 11.1 Å². The third-order valence-corrected chi connectivity index (χ3v) is 6.75. The van der Waals surface area contributed by atoms with Gasteiger partial charge in [0, 0.05) is 67.1 Å². The molecule has 4 aromatic carbocycles. The number of halogens is 2. The van der Waals surface area contributed by atoms with E-state index in [1.54, 1.807) is 18.6 Å². The molecule has 6 rings (SSSR count). The molecule has 12 heteroatoms. The van der Waals surface area contributed by atoms with Gasteiger partial charge in [0.05, 0.1) is 6.54 Å². The van der Waals surface area contributed by atoms with Crippen LogP contribution in [0.15, 0.2) is 134 Å². The summed E-state index contributed by atoms with van der Waals surface area (Å²) in [6.45, 7) is 1.60. The van der Waals surface area contributed by atoms with Gasteiger partial charge in [-0.15, -0.1) is 11.6 Å². The van der Waals surface area contributed by atoms with Crippen molar-refractivity contribution in [2.24, 2.45) is 5.73 Å². The van der Waals surface area contributed by atoms with Crippen molar-refractivity contribution in [3.63, 3.8) is 0 Å². The molecule has 0 atom stereocenters. The minimum absolute atomic E-state index is 0. The molecule has 6 N–H and O–H groups in total. The number of hydrogen-bond donors (Lipinski definition) is 5. The fraction of sp³-hybridized carbons (Fsp3) is 0.135. The minimum Gasteiger partial charge on any atom is -1.00 e. The van der Waals surface area contributed by atoms with E-state index in [0.717, 1.165) is 45.6 Å². The Balaban J connectivity index is 0.000000386. The average Bonchev–Trinajstić information content (AvgIpc) is 3.13. The fourth-order valence-electron chi connectivity index (χ4n) is 4.25. The summed E-state index contributed by atoms with van der Waals surface area (Å²) in [5.41, 5.74) is 9.24. The number of nitrogens with two attached hydrogens (primary N) is 1. The van der Waals surface area contributed by atoms with E-state index in [1.165, 1.54) is 5.56 Å². The number of benzene rings is 4. The Morgan fingerprint density at radius 2 is 1.14 bits per heavy atom. The van der Waals surface area contributed by atoms with E-state index in [9.17, 15) is 9.59 Å². The first-order valence-corrected chi connectivity index (χ1v) is 15.3. The quantitative estimate of drug-likeness (QED) is 0.0837. The van der Waals surface area contributed by atoms with Gasteiger partial charge in [-0.1, -0.05) is 72.8 Å². The molecular weight excluding hydrogens is 778 g/mol. The maximum absolute atomic E-state index is 12.0. The molecule has 0 radical (unpaired) electrons. The molecule has 0 unspecified atom stereocenters. The van der Waals surface area contributed by atoms with E-state index in [4.69, 9.17) is 22.4 Å². The molecule has 2 aromatic heterocycles. The number of amides is 2. The van der Waals surface area contributed by atoms with E-state index in [-0.39, 0.29) is 99.6 Å². The standard InChI is InChI=1S/C18H17N3O.C11H9ClN2O.C7H9N.CH4O.HI.K/c22-18(13-20-11-14-4-2-1-3-5-14)21-17-7-6-16-12-19-9-8-15(16)10-17;12-6-11(15)14-10-2-1-9-7-13-4-3-8(9)5-10;8-6-7-4-2-1-3-5-7;1-2;;/h1-10,12,20H,11,13H2,(H,21,22);1-5,7H,6H2,(H,14,15);1-5H,6,8H2;2H,1H3;1H;/q;;;;;+1/p-1. The van der Waals surface area contributed by atoms with Gasteiger partial charge in [0.15, 0.2) is 0 Å². The topological polar surface area (TPSA) is 142 Å². The predicted molar refractivity (Wildman–Crippen MR) is 192 cm³/mol. The summed E-state index contributed by atoms with van der Waals surface area (Å²) in [6.07, 6.45) is 7.05. The number of nitrogens with zero attached hydrogens (tertiary/aromatic N) is 2. The van der Waals surface area contributed by atoms with E-state index >= 15 is 0 Å². The molecule has 0 fully saturated rings. The molecule has 250 valence electrons. The number of carbonyl (C=O) groups is 2. The third-order valence-electron chi connectivity index (χ3n) is 6.51. The van der Waals surface area contributed by atoms with Crippen LogP contribution in [-0.4, -0.2) is 46.4 Å². The number of fused-ring (bicyclic) bond motifs is 2. The van der Waals surface area contributed by atoms with Crippen LogP contribution in [0.5, 0.6) is 0 Å². The number of aliphatic hydroxyl groups is 1. The maximum Gasteiger partial charge on any atom is 1.00 e. The van der Waals surface area contributed by atoms with Crippen LogP contribution in [0.4, 0.5) is 11.4 Å². The molecule has 6 aromatic rings. The summed E-state index contributed by atoms with van der Waals surface area (Å²) < 4.78 is 0. The largest absolute Gasteiger partial charge is 1.00 e. The molecule has 2 heterocycles. The summed E-state index contributed by atoms with van der Waals surface area (Å²) in [5, 5.41) is 19.9. The van der Waals surface area contributed by atoms with Gasteiger partial charge in [0.1, 0.15) is 5.88 Å². The second-order valence-electron chi connectivity index (χ2n) is 9.88. The first-order chi connectivity index (χ1) is 23.0. The zero-order valence-corrected chi connectivity index (χ0v) is 33.6. The predicted octanol–water partition coefficient (Wildman–Crippen LogP) is 0.137. The maximum atomic E-state index is 12.0. The number of anilines is 2. The van der Waals surface area contributed by atoms with Crippen molar-refractivity contribution < 1.29 is 90.1 Å². The van der Waals surface area contributed by atoms with Crippen LogP contribution in [0.2, 0.25) is 0 Å². The average molecular weight is 817 g/mol. The van der Waals surface area contributed by atoms with Gasteiger partial charge in [-0.3, -0.25) is 19.6 Å². The van der Waals surface area contributed by atoms with Crippen molar-refractivity contribution in [3.05, 3.63) is 145 Å². The van der Waals surface area contributed by atoms with E-state index in [1.807, 2.05) is 115 Å². The Hall–Kier alpha value is -2.82. The van der Waals surface area contributed by atoms with Crippen LogP contribution in [0.25, 0.3) is 21.5 Å². The van der Waals surface area contributed by atoms with Crippen molar-refractivity contribution in [3.8, 4) is 0 Å². The number of hydrogen-bond acceptors (Lipinski definition) is 7. The summed E-state index contributed by atoms with van der Waals surface area (Å²) in [7, 11) is 1.00. The molecular formula is C37H39ClIKN6O3. The Kier molecular flexibility index (Phi) is 23.5. The summed E-state index contributed by atoms with van der Waals surface area (Å²) >= 11 is 5.40. The molecule has 2 amide bonds. The van der Waals surface area contributed by atoms with Crippen LogP contribution >= 0.6 is 11.6 Å². The first kappa shape index (κ1) is 44.2. The molecule has 0 spiro atoms. The van der Waals surface area contributed by atoms with Crippen molar-refractivity contribution in [2.75, 3.05) is 30.2 Å². The van der Waals surface area contributed by atoms with Gasteiger partial charge in [0.25, 0.3) is 0 Å². The smallest absolute Gasteiger partial charge is 1.00 e. The van der Waals surface area contributed by atoms with Gasteiger partial charge in [-0.25, -0.2) is 0 Å². The van der Waals surface area contributed by atoms with Crippen LogP contribution in [0.3, 0.4) is 0 Å². The van der Waals surface area contributed by atoms with Crippen LogP contribution in [-0.2, 0) is 22.7 Å². The number of alkyl halides is 1. The van der Waals surface area contributed by atoms with E-state index in [2.05, 4.69) is 25.9 Å². The van der Waals surface area contributed by atoms with Gasteiger partial charge in [-0.2, -0.15) is 0 Å². The zero-order chi connectivity index (χ0) is 33.7. The number of pyridine rings is 2. The number of aromatic nitrogens is 2. The monoisotopic (exact) mass is 816 g/mol. The Morgan fingerprint density at radius 3 is 1.59 bits per heavy atom. The number of carbonyl (C=O) groups excluding carboxylic acids is 2. The van der Waals surface area contributed by atoms with Gasteiger partial charge < -0.3 is 50.8 Å². The molecule has 0 bridgehead atoms. The Labute approximate surface area is 351 Å². The fourth-order valence-corrected chi connectivity index (χ4v) is 4.32. The molecule has 0 aliphatic rings. The molecule has 0 aliphatic carbocycles. The molecule has 0 saturated heterocycles. The SMILES string of the molecule is CO.NCc1ccccc1.O=C(CCl)Nc1ccc2cnccc2c1.O=C(CNCc1ccccc1)Nc1ccc2cnccc2c1.[I-].[K+]. The van der Waals surface area contributed by atoms with Crippen molar-refractivity contribution in [1.29, 1.82) is 0 Å². The summed E-state index contributed by atoms with van der Waals surface area (Å²) in [4.78, 5) is 31.1. The van der Waals surface area contributed by atoms with Crippen molar-refractivity contribution in [1.82, 2.24) is 15.3 Å². The van der Waals surface area contributed by atoms with Crippen molar-refractivity contribution >= 4 is 56.3 Å². The Bertz CT molecular complexity index is 1820. The first-order valence-electron chi connectivity index (χ1n) is 14.8. The number of aliphatic hydroxyl groups excluding tert-OH is 1. The van der Waals surface area contributed by atoms with Gasteiger partial charge in [0.2, 0.25) is 11.8 Å². The summed E-state index contributed by atoms with van der Waals surface area (Å²) in [6, 6.07) is 35.2. The van der Waals surface area contributed by atoms with E-state index < -0.39 is 0 Å². The van der Waals surface area contributed by atoms with Gasteiger partial charge in [-0.05, 0) is 58.3 Å². The number of rotatable bonds is 8. The van der Waals surface area contributed by atoms with Crippen molar-refractivity contribution in [2.45, 2.75) is 13.1 Å². The zero-order valence-electron chi connectivity index (χ0n) is 27.5.